The number of hydrogen-bond acceptors (Lipinski definition) is 5. The number of imidazole rings is 1. The van der Waals surface area contributed by atoms with Crippen molar-refractivity contribution in [2.45, 2.75) is 50.6 Å². The van der Waals surface area contributed by atoms with Crippen molar-refractivity contribution in [1.82, 2.24) is 25.3 Å². The Morgan fingerprint density at radius 2 is 1.88 bits per heavy atom. The van der Waals surface area contributed by atoms with E-state index in [1.807, 2.05) is 6.07 Å². The van der Waals surface area contributed by atoms with E-state index in [-0.39, 0.29) is 0 Å². The van der Waals surface area contributed by atoms with Crippen molar-refractivity contribution in [3.05, 3.63) is 53.7 Å². The van der Waals surface area contributed by atoms with E-state index in [1.54, 1.807) is 6.33 Å². The van der Waals surface area contributed by atoms with Crippen LogP contribution in [-0.2, 0) is 13.0 Å². The van der Waals surface area contributed by atoms with E-state index in [4.69, 9.17) is 15.7 Å². The van der Waals surface area contributed by atoms with Crippen LogP contribution in [0.2, 0.25) is 0 Å². The molecule has 6 heteroatoms. The number of H-pyrrole nitrogens is 1. The molecule has 0 bridgehead atoms. The van der Waals surface area contributed by atoms with E-state index in [0.29, 0.717) is 12.0 Å². The number of nitrogens with zero attached hydrogens (tertiary/aromatic N) is 3. The van der Waals surface area contributed by atoms with Crippen LogP contribution in [0.5, 0.6) is 0 Å². The van der Waals surface area contributed by atoms with Crippen molar-refractivity contribution in [3.63, 3.8) is 0 Å². The molecule has 3 aromatic rings. The molecule has 1 aliphatic carbocycles. The molecule has 1 aromatic carbocycles. The lowest BCUT2D eigenvalue weighted by atomic mass is 9.86. The fourth-order valence-electron chi connectivity index (χ4n) is 3.69. The molecule has 2 heterocycles. The predicted molar refractivity (Wildman–Crippen MR) is 103 cm³/mol. The lowest BCUT2D eigenvalue weighted by Gasteiger charge is -2.25. The number of aromatic amines is 1. The van der Waals surface area contributed by atoms with Gasteiger partial charge in [-0.2, -0.15) is 0 Å². The summed E-state index contributed by atoms with van der Waals surface area (Å²) < 4.78 is 0. The molecule has 6 nitrogen and oxygen atoms in total. The fourth-order valence-corrected chi connectivity index (χ4v) is 3.69. The number of benzene rings is 1. The van der Waals surface area contributed by atoms with Gasteiger partial charge >= 0.3 is 0 Å². The highest BCUT2D eigenvalue weighted by Crippen LogP contribution is 2.31. The Labute approximate surface area is 153 Å². The average Bonchev–Trinajstić information content (AvgIpc) is 3.15. The number of hydrogen-bond donors (Lipinski definition) is 3. The number of nitrogens with one attached hydrogen (secondary N) is 2. The van der Waals surface area contributed by atoms with Crippen LogP contribution < -0.4 is 11.1 Å². The Kier molecular flexibility index (Phi) is 5.22. The van der Waals surface area contributed by atoms with Crippen LogP contribution in [-0.4, -0.2) is 32.5 Å². The number of rotatable bonds is 6. The first-order chi connectivity index (χ1) is 12.8. The van der Waals surface area contributed by atoms with Gasteiger partial charge in [0.1, 0.15) is 11.3 Å². The van der Waals surface area contributed by atoms with E-state index >= 15 is 0 Å². The van der Waals surface area contributed by atoms with Gasteiger partial charge in [0, 0.05) is 31.5 Å². The van der Waals surface area contributed by atoms with E-state index in [9.17, 15) is 0 Å². The zero-order valence-electron chi connectivity index (χ0n) is 15.0. The van der Waals surface area contributed by atoms with E-state index < -0.39 is 0 Å². The van der Waals surface area contributed by atoms with Gasteiger partial charge in [0.15, 0.2) is 5.65 Å². The third-order valence-electron chi connectivity index (χ3n) is 5.23. The highest BCUT2D eigenvalue weighted by atomic mass is 15.0. The molecule has 0 radical (unpaired) electrons. The minimum Gasteiger partial charge on any atom is -0.342 e. The first-order valence-corrected chi connectivity index (χ1v) is 9.49. The number of fused-ring (bicyclic) bond motifs is 1. The molecule has 1 fully saturated rings. The highest BCUT2D eigenvalue weighted by Gasteiger charge is 2.23. The molecule has 0 atom stereocenters. The molecule has 0 spiro atoms. The normalized spacial score (nSPS) is 20.5. The maximum Gasteiger partial charge on any atom is 0.181 e. The molecule has 4 rings (SSSR count). The Hall–Kier alpha value is -2.31. The second-order valence-corrected chi connectivity index (χ2v) is 7.15. The molecular formula is C20H26N6. The van der Waals surface area contributed by atoms with Crippen LogP contribution in [0.3, 0.4) is 0 Å². The van der Waals surface area contributed by atoms with Gasteiger partial charge in [-0.3, -0.25) is 0 Å². The summed E-state index contributed by atoms with van der Waals surface area (Å²) in [7, 11) is 0. The van der Waals surface area contributed by atoms with Gasteiger partial charge in [-0.25, -0.2) is 15.0 Å². The van der Waals surface area contributed by atoms with Gasteiger partial charge in [-0.15, -0.1) is 0 Å². The maximum atomic E-state index is 6.04. The van der Waals surface area contributed by atoms with E-state index in [2.05, 4.69) is 39.6 Å². The second kappa shape index (κ2) is 7.93. The Balaban J connectivity index is 1.44. The first-order valence-electron chi connectivity index (χ1n) is 9.49. The predicted octanol–water partition coefficient (Wildman–Crippen LogP) is 2.67. The van der Waals surface area contributed by atoms with Crippen LogP contribution in [0.1, 0.15) is 48.7 Å². The standard InChI is InChI=1S/C20H26N6/c21-16-8-6-15(7-9-16)19-25-17(18-20(26-19)24-13-23-18)10-11-22-12-14-4-2-1-3-5-14/h1-5,13,15-16,22H,6-12,21H2,(H,23,24,25,26). The largest absolute Gasteiger partial charge is 0.342 e. The third kappa shape index (κ3) is 3.92. The Bertz CT molecular complexity index is 836. The van der Waals surface area contributed by atoms with Gasteiger partial charge in [-0.05, 0) is 31.2 Å². The van der Waals surface area contributed by atoms with Gasteiger partial charge in [0.25, 0.3) is 0 Å². The van der Waals surface area contributed by atoms with E-state index in [0.717, 1.165) is 67.9 Å². The van der Waals surface area contributed by atoms with Crippen molar-refractivity contribution < 1.29 is 0 Å². The van der Waals surface area contributed by atoms with Crippen LogP contribution >= 0.6 is 0 Å². The van der Waals surface area contributed by atoms with Crippen molar-refractivity contribution >= 4 is 11.2 Å². The summed E-state index contributed by atoms with van der Waals surface area (Å²) in [6, 6.07) is 10.8. The van der Waals surface area contributed by atoms with Crippen LogP contribution in [0.15, 0.2) is 36.7 Å². The summed E-state index contributed by atoms with van der Waals surface area (Å²) in [5.41, 5.74) is 10.1. The van der Waals surface area contributed by atoms with Gasteiger partial charge < -0.3 is 16.0 Å². The molecule has 0 aliphatic heterocycles. The average molecular weight is 350 g/mol. The lowest BCUT2D eigenvalue weighted by molar-refractivity contribution is 0.384. The maximum absolute atomic E-state index is 6.04. The first kappa shape index (κ1) is 17.1. The van der Waals surface area contributed by atoms with Crippen LogP contribution in [0, 0.1) is 0 Å². The summed E-state index contributed by atoms with van der Waals surface area (Å²) in [6.45, 7) is 1.74. The summed E-state index contributed by atoms with van der Waals surface area (Å²) in [4.78, 5) is 17.2. The summed E-state index contributed by atoms with van der Waals surface area (Å²) in [5, 5.41) is 3.50. The van der Waals surface area contributed by atoms with Crippen molar-refractivity contribution in [2.24, 2.45) is 5.73 Å². The summed E-state index contributed by atoms with van der Waals surface area (Å²) in [5.74, 6) is 1.35. The lowest BCUT2D eigenvalue weighted by Crippen LogP contribution is -2.26. The zero-order chi connectivity index (χ0) is 17.8. The number of nitrogens with two attached hydrogens (primary N) is 1. The Morgan fingerprint density at radius 1 is 1.08 bits per heavy atom. The molecule has 136 valence electrons. The molecule has 1 aliphatic rings. The minimum atomic E-state index is 0.335. The molecule has 1 saturated carbocycles. The zero-order valence-corrected chi connectivity index (χ0v) is 15.0. The highest BCUT2D eigenvalue weighted by molar-refractivity contribution is 5.72. The Morgan fingerprint density at radius 3 is 2.69 bits per heavy atom. The topological polar surface area (TPSA) is 92.5 Å². The van der Waals surface area contributed by atoms with Gasteiger partial charge in [0.2, 0.25) is 0 Å². The summed E-state index contributed by atoms with van der Waals surface area (Å²) >= 11 is 0. The summed E-state index contributed by atoms with van der Waals surface area (Å²) in [6.07, 6.45) is 6.82. The van der Waals surface area contributed by atoms with Gasteiger partial charge in [-0.1, -0.05) is 30.3 Å². The minimum absolute atomic E-state index is 0.335. The second-order valence-electron chi connectivity index (χ2n) is 7.15. The number of aromatic nitrogens is 4. The molecular weight excluding hydrogens is 324 g/mol. The van der Waals surface area contributed by atoms with Crippen LogP contribution in [0.25, 0.3) is 11.2 Å². The molecule has 4 N–H and O–H groups in total. The molecule has 2 aromatic heterocycles. The molecule has 26 heavy (non-hydrogen) atoms. The van der Waals surface area contributed by atoms with Gasteiger partial charge in [0.05, 0.1) is 12.0 Å². The van der Waals surface area contributed by atoms with Crippen molar-refractivity contribution in [3.8, 4) is 0 Å². The van der Waals surface area contributed by atoms with Crippen molar-refractivity contribution in [2.75, 3.05) is 6.54 Å². The molecule has 0 saturated heterocycles. The molecule has 0 unspecified atom stereocenters. The molecule has 0 amide bonds. The quantitative estimate of drug-likeness (QED) is 0.594. The third-order valence-corrected chi connectivity index (χ3v) is 5.23. The fraction of sp³-hybridized carbons (Fsp3) is 0.450. The smallest absolute Gasteiger partial charge is 0.181 e. The monoisotopic (exact) mass is 350 g/mol. The van der Waals surface area contributed by atoms with E-state index in [1.165, 1.54) is 5.56 Å². The van der Waals surface area contributed by atoms with Crippen molar-refractivity contribution in [1.29, 1.82) is 0 Å². The van der Waals surface area contributed by atoms with Crippen LogP contribution in [0.4, 0.5) is 0 Å². The SMILES string of the molecule is NC1CCC(c2nc(CCNCc3ccccc3)c3[nH]cnc3n2)CC1.